The van der Waals surface area contributed by atoms with Crippen LogP contribution in [0.4, 0.5) is 10.1 Å². The maximum absolute atomic E-state index is 13.4. The smallest absolute Gasteiger partial charge is 0.222 e. The first-order valence-corrected chi connectivity index (χ1v) is 8.55. The van der Waals surface area contributed by atoms with Crippen LogP contribution in [-0.4, -0.2) is 55.5 Å². The van der Waals surface area contributed by atoms with Gasteiger partial charge in [0.2, 0.25) is 5.91 Å². The van der Waals surface area contributed by atoms with Crippen LogP contribution in [0.5, 0.6) is 0 Å². The Morgan fingerprint density at radius 1 is 1.33 bits per heavy atom. The molecule has 2 saturated heterocycles. The van der Waals surface area contributed by atoms with Crippen molar-refractivity contribution in [3.8, 4) is 0 Å². The first kappa shape index (κ1) is 17.2. The summed E-state index contributed by atoms with van der Waals surface area (Å²) in [5.41, 5.74) is 0.870. The molecule has 0 saturated carbocycles. The third-order valence-electron chi connectivity index (χ3n) is 4.81. The Hall–Kier alpha value is -1.66. The molecule has 132 valence electrons. The van der Waals surface area contributed by atoms with Crippen molar-refractivity contribution in [1.82, 2.24) is 4.90 Å². The molecule has 2 aliphatic rings. The van der Waals surface area contributed by atoms with E-state index in [1.54, 1.807) is 12.1 Å². The van der Waals surface area contributed by atoms with Crippen LogP contribution >= 0.6 is 0 Å². The second-order valence-electron chi connectivity index (χ2n) is 6.69. The Balaban J connectivity index is 1.54. The minimum Gasteiger partial charge on any atom is -0.365 e. The van der Waals surface area contributed by atoms with E-state index >= 15 is 0 Å². The van der Waals surface area contributed by atoms with Crippen molar-refractivity contribution in [2.24, 2.45) is 0 Å². The molecule has 6 heteroatoms. The molecule has 0 aromatic heterocycles. The standard InChI is InChI=1S/C18H25FN2O3/c1-14-13-20(17(22)6-7-18(2)23-10-11-24-18)8-9-21(14)16-5-3-4-15(19)12-16/h3-5,12,14H,6-11,13H2,1-2H3/t14-/m0/s1. The lowest BCUT2D eigenvalue weighted by Crippen LogP contribution is -2.54. The van der Waals surface area contributed by atoms with Crippen LogP contribution in [0, 0.1) is 5.82 Å². The molecule has 0 bridgehead atoms. The molecule has 0 radical (unpaired) electrons. The van der Waals surface area contributed by atoms with Crippen LogP contribution in [0.2, 0.25) is 0 Å². The van der Waals surface area contributed by atoms with E-state index < -0.39 is 5.79 Å². The summed E-state index contributed by atoms with van der Waals surface area (Å²) in [4.78, 5) is 16.5. The summed E-state index contributed by atoms with van der Waals surface area (Å²) in [6.45, 7) is 7.14. The number of carbonyl (C=O) groups is 1. The summed E-state index contributed by atoms with van der Waals surface area (Å²) >= 11 is 0. The highest BCUT2D eigenvalue weighted by atomic mass is 19.1. The number of amides is 1. The minimum absolute atomic E-state index is 0.126. The quantitative estimate of drug-likeness (QED) is 0.847. The fourth-order valence-corrected chi connectivity index (χ4v) is 3.42. The summed E-state index contributed by atoms with van der Waals surface area (Å²) in [5, 5.41) is 0. The second-order valence-corrected chi connectivity index (χ2v) is 6.69. The molecule has 1 aromatic rings. The van der Waals surface area contributed by atoms with E-state index in [-0.39, 0.29) is 17.8 Å². The summed E-state index contributed by atoms with van der Waals surface area (Å²) in [7, 11) is 0. The molecule has 1 atom stereocenters. The van der Waals surface area contributed by atoms with Crippen LogP contribution < -0.4 is 4.90 Å². The van der Waals surface area contributed by atoms with E-state index in [1.165, 1.54) is 6.07 Å². The Kier molecular flexibility index (Phi) is 5.06. The van der Waals surface area contributed by atoms with Gasteiger partial charge in [-0.2, -0.15) is 0 Å². The number of nitrogens with zero attached hydrogens (tertiary/aromatic N) is 2. The molecule has 1 amide bonds. The first-order chi connectivity index (χ1) is 11.5. The first-order valence-electron chi connectivity index (χ1n) is 8.55. The van der Waals surface area contributed by atoms with Crippen LogP contribution in [-0.2, 0) is 14.3 Å². The predicted molar refractivity (Wildman–Crippen MR) is 89.3 cm³/mol. The number of carbonyl (C=O) groups excluding carboxylic acids is 1. The number of anilines is 1. The third kappa shape index (κ3) is 3.87. The normalized spacial score (nSPS) is 23.5. The van der Waals surface area contributed by atoms with Crippen molar-refractivity contribution >= 4 is 11.6 Å². The maximum atomic E-state index is 13.4. The molecular weight excluding hydrogens is 311 g/mol. The van der Waals surface area contributed by atoms with Crippen molar-refractivity contribution in [2.45, 2.75) is 38.5 Å². The van der Waals surface area contributed by atoms with Crippen molar-refractivity contribution in [3.63, 3.8) is 0 Å². The van der Waals surface area contributed by atoms with E-state index in [2.05, 4.69) is 11.8 Å². The summed E-state index contributed by atoms with van der Waals surface area (Å²) < 4.78 is 24.5. The van der Waals surface area contributed by atoms with Crippen LogP contribution in [0.15, 0.2) is 24.3 Å². The fourth-order valence-electron chi connectivity index (χ4n) is 3.42. The van der Waals surface area contributed by atoms with Gasteiger partial charge < -0.3 is 19.3 Å². The molecule has 5 nitrogen and oxygen atoms in total. The zero-order chi connectivity index (χ0) is 17.2. The fraction of sp³-hybridized carbons (Fsp3) is 0.611. The van der Waals surface area contributed by atoms with Gasteiger partial charge in [-0.25, -0.2) is 4.39 Å². The van der Waals surface area contributed by atoms with E-state index in [1.807, 2.05) is 17.9 Å². The van der Waals surface area contributed by atoms with E-state index in [0.29, 0.717) is 45.7 Å². The van der Waals surface area contributed by atoms with Crippen molar-refractivity contribution < 1.29 is 18.7 Å². The van der Waals surface area contributed by atoms with Crippen molar-refractivity contribution in [1.29, 1.82) is 0 Å². The Labute approximate surface area is 142 Å². The highest BCUT2D eigenvalue weighted by molar-refractivity contribution is 5.76. The van der Waals surface area contributed by atoms with E-state index in [9.17, 15) is 9.18 Å². The number of piperazine rings is 1. The lowest BCUT2D eigenvalue weighted by molar-refractivity contribution is -0.155. The van der Waals surface area contributed by atoms with Gasteiger partial charge in [-0.15, -0.1) is 0 Å². The van der Waals surface area contributed by atoms with Crippen LogP contribution in [0.1, 0.15) is 26.7 Å². The van der Waals surface area contributed by atoms with Gasteiger partial charge in [-0.05, 0) is 32.0 Å². The summed E-state index contributed by atoms with van der Waals surface area (Å²) in [6, 6.07) is 6.77. The number of benzene rings is 1. The zero-order valence-electron chi connectivity index (χ0n) is 14.3. The maximum Gasteiger partial charge on any atom is 0.222 e. The highest BCUT2D eigenvalue weighted by Crippen LogP contribution is 2.26. The second kappa shape index (κ2) is 7.07. The van der Waals surface area contributed by atoms with Crippen LogP contribution in [0.3, 0.4) is 0 Å². The highest BCUT2D eigenvalue weighted by Gasteiger charge is 2.33. The minimum atomic E-state index is -0.620. The molecule has 2 aliphatic heterocycles. The molecular formula is C18H25FN2O3. The topological polar surface area (TPSA) is 42.0 Å². The number of ether oxygens (including phenoxy) is 2. The molecule has 0 aliphatic carbocycles. The molecule has 0 unspecified atom stereocenters. The number of rotatable bonds is 4. The average Bonchev–Trinajstić information content (AvgIpc) is 2.99. The molecule has 0 spiro atoms. The Bertz CT molecular complexity index is 589. The van der Waals surface area contributed by atoms with Crippen molar-refractivity contribution in [2.75, 3.05) is 37.7 Å². The van der Waals surface area contributed by atoms with Gasteiger partial charge in [-0.3, -0.25) is 4.79 Å². The molecule has 1 aromatic carbocycles. The number of halogens is 1. The van der Waals surface area contributed by atoms with Crippen molar-refractivity contribution in [3.05, 3.63) is 30.1 Å². The molecule has 3 rings (SSSR count). The van der Waals surface area contributed by atoms with Gasteiger partial charge in [0.1, 0.15) is 5.82 Å². The lowest BCUT2D eigenvalue weighted by atomic mass is 10.1. The molecule has 2 heterocycles. The largest absolute Gasteiger partial charge is 0.365 e. The van der Waals surface area contributed by atoms with Gasteiger partial charge in [0.15, 0.2) is 5.79 Å². The van der Waals surface area contributed by atoms with E-state index in [0.717, 1.165) is 5.69 Å². The Morgan fingerprint density at radius 3 is 2.75 bits per heavy atom. The lowest BCUT2D eigenvalue weighted by Gasteiger charge is -2.41. The van der Waals surface area contributed by atoms with Gasteiger partial charge in [-0.1, -0.05) is 6.07 Å². The summed E-state index contributed by atoms with van der Waals surface area (Å²) in [5.74, 6) is -0.728. The Morgan fingerprint density at radius 2 is 2.08 bits per heavy atom. The predicted octanol–water partition coefficient (Wildman–Crippen LogP) is 2.41. The molecule has 2 fully saturated rings. The zero-order valence-corrected chi connectivity index (χ0v) is 14.3. The third-order valence-corrected chi connectivity index (χ3v) is 4.81. The molecule has 24 heavy (non-hydrogen) atoms. The number of hydrogen-bond donors (Lipinski definition) is 0. The van der Waals surface area contributed by atoms with Gasteiger partial charge >= 0.3 is 0 Å². The van der Waals surface area contributed by atoms with Crippen LogP contribution in [0.25, 0.3) is 0 Å². The van der Waals surface area contributed by atoms with Gasteiger partial charge in [0.05, 0.1) is 13.2 Å². The monoisotopic (exact) mass is 336 g/mol. The number of hydrogen-bond acceptors (Lipinski definition) is 4. The van der Waals surface area contributed by atoms with Gasteiger partial charge in [0.25, 0.3) is 0 Å². The molecule has 0 N–H and O–H groups in total. The van der Waals surface area contributed by atoms with E-state index in [4.69, 9.17) is 9.47 Å². The SMILES string of the molecule is C[C@H]1CN(C(=O)CCC2(C)OCCO2)CCN1c1cccc(F)c1. The summed E-state index contributed by atoms with van der Waals surface area (Å²) in [6.07, 6.45) is 0.994. The average molecular weight is 336 g/mol. The van der Waals surface area contributed by atoms with Gasteiger partial charge in [0, 0.05) is 44.2 Å².